The van der Waals surface area contributed by atoms with Gasteiger partial charge in [0.25, 0.3) is 0 Å². The third-order valence-corrected chi connectivity index (χ3v) is 5.99. The predicted molar refractivity (Wildman–Crippen MR) is 82.0 cm³/mol. The molecule has 0 heterocycles. The van der Waals surface area contributed by atoms with E-state index < -0.39 is 17.4 Å². The molecule has 0 saturated heterocycles. The van der Waals surface area contributed by atoms with Crippen LogP contribution in [0.15, 0.2) is 11.1 Å². The van der Waals surface area contributed by atoms with Crippen molar-refractivity contribution in [2.45, 2.75) is 52.4 Å². The van der Waals surface area contributed by atoms with Crippen LogP contribution in [0.5, 0.6) is 0 Å². The lowest BCUT2D eigenvalue weighted by Gasteiger charge is -2.29. The summed E-state index contributed by atoms with van der Waals surface area (Å²) in [4.78, 5) is 25.3. The molecule has 0 bridgehead atoms. The Morgan fingerprint density at radius 3 is 2.43 bits per heavy atom. The molecule has 0 amide bonds. The van der Waals surface area contributed by atoms with Gasteiger partial charge in [-0.25, -0.2) is 0 Å². The van der Waals surface area contributed by atoms with Crippen LogP contribution in [0, 0.1) is 28.1 Å². The number of rotatable bonds is 4. The Morgan fingerprint density at radius 2 is 1.87 bits per heavy atom. The fourth-order valence-electron chi connectivity index (χ4n) is 5.12. The van der Waals surface area contributed by atoms with Gasteiger partial charge in [0.05, 0.1) is 19.3 Å². The zero-order valence-corrected chi connectivity index (χ0v) is 13.8. The molecule has 3 rings (SSSR count). The van der Waals surface area contributed by atoms with E-state index in [2.05, 4.69) is 6.07 Å². The van der Waals surface area contributed by atoms with Gasteiger partial charge >= 0.3 is 11.9 Å². The number of nitrogens with zero attached hydrogens (tertiary/aromatic N) is 1. The molecule has 2 saturated carbocycles. The van der Waals surface area contributed by atoms with Crippen LogP contribution in [0.2, 0.25) is 0 Å². The molecule has 5 nitrogen and oxygen atoms in total. The van der Waals surface area contributed by atoms with Gasteiger partial charge in [0.15, 0.2) is 5.41 Å². The average Bonchev–Trinajstić information content (AvgIpc) is 3.14. The molecule has 0 radical (unpaired) electrons. The summed E-state index contributed by atoms with van der Waals surface area (Å²) in [7, 11) is 0. The minimum absolute atomic E-state index is 0.162. The smallest absolute Gasteiger partial charge is 0.323 e. The van der Waals surface area contributed by atoms with Crippen molar-refractivity contribution in [2.24, 2.45) is 16.7 Å². The lowest BCUT2D eigenvalue weighted by molar-refractivity contribution is -0.172. The third-order valence-electron chi connectivity index (χ3n) is 5.99. The molecular formula is C18H23NO4. The van der Waals surface area contributed by atoms with E-state index in [4.69, 9.17) is 9.47 Å². The minimum Gasteiger partial charge on any atom is -0.465 e. The zero-order chi connectivity index (χ0) is 16.7. The quantitative estimate of drug-likeness (QED) is 0.588. The zero-order valence-electron chi connectivity index (χ0n) is 13.8. The number of carbonyl (C=O) groups is 2. The fourth-order valence-corrected chi connectivity index (χ4v) is 5.12. The first kappa shape index (κ1) is 16.0. The third kappa shape index (κ3) is 2.11. The summed E-state index contributed by atoms with van der Waals surface area (Å²) in [6.45, 7) is 4.01. The SMILES string of the molecule is CCOC(=O)C1(C(=O)OCC)CC2CCC3=C(C#N)CCC32C1. The number of nitriles is 1. The van der Waals surface area contributed by atoms with Crippen molar-refractivity contribution in [2.75, 3.05) is 13.2 Å². The molecule has 0 aromatic rings. The standard InChI is InChI=1S/C18H23NO4/c1-3-22-15(20)18(16(21)23-4-2)9-13-5-6-14-12(10-19)7-8-17(13,14)11-18/h13H,3-9,11H2,1-2H3. The van der Waals surface area contributed by atoms with Gasteiger partial charge < -0.3 is 9.47 Å². The molecule has 0 aromatic heterocycles. The number of allylic oxidation sites excluding steroid dienone is 2. The minimum atomic E-state index is -1.19. The Morgan fingerprint density at radius 1 is 1.22 bits per heavy atom. The molecule has 2 unspecified atom stereocenters. The Kier molecular flexibility index (Phi) is 3.95. The lowest BCUT2D eigenvalue weighted by Crippen LogP contribution is -2.41. The molecule has 5 heteroatoms. The first-order chi connectivity index (χ1) is 11.0. The Bertz CT molecular complexity index is 597. The Hall–Kier alpha value is -1.83. The molecule has 3 aliphatic carbocycles. The van der Waals surface area contributed by atoms with Crippen LogP contribution >= 0.6 is 0 Å². The Labute approximate surface area is 136 Å². The number of carbonyl (C=O) groups excluding carboxylic acids is 2. The van der Waals surface area contributed by atoms with Gasteiger partial charge in [-0.1, -0.05) is 0 Å². The van der Waals surface area contributed by atoms with Gasteiger partial charge in [-0.3, -0.25) is 9.59 Å². The molecule has 2 fully saturated rings. The van der Waals surface area contributed by atoms with E-state index >= 15 is 0 Å². The number of hydrogen-bond donors (Lipinski definition) is 0. The first-order valence-electron chi connectivity index (χ1n) is 8.51. The highest BCUT2D eigenvalue weighted by Gasteiger charge is 2.67. The van der Waals surface area contributed by atoms with Gasteiger partial charge in [0.1, 0.15) is 0 Å². The summed E-state index contributed by atoms with van der Waals surface area (Å²) >= 11 is 0. The molecule has 0 aromatic carbocycles. The van der Waals surface area contributed by atoms with Gasteiger partial charge in [0, 0.05) is 5.57 Å². The maximum atomic E-state index is 12.6. The summed E-state index contributed by atoms with van der Waals surface area (Å²) < 4.78 is 10.5. The molecule has 1 spiro atoms. The van der Waals surface area contributed by atoms with Crippen molar-refractivity contribution in [3.8, 4) is 6.07 Å². The van der Waals surface area contributed by atoms with Crippen LogP contribution < -0.4 is 0 Å². The largest absolute Gasteiger partial charge is 0.465 e. The average molecular weight is 317 g/mol. The maximum Gasteiger partial charge on any atom is 0.323 e. The van der Waals surface area contributed by atoms with Crippen LogP contribution in [0.25, 0.3) is 0 Å². The van der Waals surface area contributed by atoms with E-state index in [9.17, 15) is 14.9 Å². The topological polar surface area (TPSA) is 76.4 Å². The highest BCUT2D eigenvalue weighted by Crippen LogP contribution is 2.69. The van der Waals surface area contributed by atoms with Crippen molar-refractivity contribution < 1.29 is 19.1 Å². The molecule has 23 heavy (non-hydrogen) atoms. The van der Waals surface area contributed by atoms with Gasteiger partial charge in [-0.05, 0) is 69.3 Å². The summed E-state index contributed by atoms with van der Waals surface area (Å²) in [6.07, 6.45) is 4.45. The van der Waals surface area contributed by atoms with Gasteiger partial charge in [0.2, 0.25) is 0 Å². The predicted octanol–water partition coefficient (Wildman–Crippen LogP) is 2.90. The lowest BCUT2D eigenvalue weighted by atomic mass is 9.75. The fraction of sp³-hybridized carbons (Fsp3) is 0.722. The number of ether oxygens (including phenoxy) is 2. The van der Waals surface area contributed by atoms with E-state index in [1.807, 2.05) is 0 Å². The monoisotopic (exact) mass is 317 g/mol. The molecule has 3 aliphatic rings. The van der Waals surface area contributed by atoms with Gasteiger partial charge in [-0.2, -0.15) is 5.26 Å². The van der Waals surface area contributed by atoms with E-state index in [0.29, 0.717) is 12.8 Å². The van der Waals surface area contributed by atoms with E-state index in [1.165, 1.54) is 5.57 Å². The van der Waals surface area contributed by atoms with E-state index in [0.717, 1.165) is 31.3 Å². The molecule has 0 N–H and O–H groups in total. The van der Waals surface area contributed by atoms with Crippen molar-refractivity contribution in [1.82, 2.24) is 0 Å². The summed E-state index contributed by atoms with van der Waals surface area (Å²) in [6, 6.07) is 2.33. The second kappa shape index (κ2) is 5.67. The molecule has 124 valence electrons. The first-order valence-corrected chi connectivity index (χ1v) is 8.51. The van der Waals surface area contributed by atoms with Crippen molar-refractivity contribution in [3.63, 3.8) is 0 Å². The van der Waals surface area contributed by atoms with Crippen molar-refractivity contribution in [1.29, 1.82) is 5.26 Å². The van der Waals surface area contributed by atoms with E-state index in [-0.39, 0.29) is 24.5 Å². The van der Waals surface area contributed by atoms with Crippen LogP contribution in [-0.2, 0) is 19.1 Å². The summed E-state index contributed by atoms with van der Waals surface area (Å²) in [5.74, 6) is -0.629. The van der Waals surface area contributed by atoms with Crippen LogP contribution in [0.3, 0.4) is 0 Å². The summed E-state index contributed by atoms with van der Waals surface area (Å²) in [5.41, 5.74) is 0.717. The second-order valence-corrected chi connectivity index (χ2v) is 6.86. The molecule has 2 atom stereocenters. The van der Waals surface area contributed by atoms with Crippen molar-refractivity contribution >= 4 is 11.9 Å². The van der Waals surface area contributed by atoms with Crippen LogP contribution in [0.4, 0.5) is 0 Å². The van der Waals surface area contributed by atoms with Crippen LogP contribution in [-0.4, -0.2) is 25.2 Å². The van der Waals surface area contributed by atoms with Gasteiger partial charge in [-0.15, -0.1) is 0 Å². The molecule has 0 aliphatic heterocycles. The van der Waals surface area contributed by atoms with Crippen molar-refractivity contribution in [3.05, 3.63) is 11.1 Å². The highest BCUT2D eigenvalue weighted by molar-refractivity contribution is 6.00. The number of esters is 2. The summed E-state index contributed by atoms with van der Waals surface area (Å²) in [5, 5.41) is 9.36. The highest BCUT2D eigenvalue weighted by atomic mass is 16.6. The van der Waals surface area contributed by atoms with E-state index in [1.54, 1.807) is 13.8 Å². The number of hydrogen-bond acceptors (Lipinski definition) is 5. The molecular weight excluding hydrogens is 294 g/mol. The normalized spacial score (nSPS) is 30.6. The second-order valence-electron chi connectivity index (χ2n) is 6.86. The maximum absolute atomic E-state index is 12.6. The van der Waals surface area contributed by atoms with Crippen LogP contribution in [0.1, 0.15) is 52.4 Å². The Balaban J connectivity index is 2.00.